The molecule has 238 valence electrons. The standard InChI is InChI=1S/C51H29N/c1-2-12-34-33(11-1)28-42-38-16-6-10-20-46(38)52-47-29-32(24-26-40(47)48(34)50(42)52)31-22-21-30-23-25-39-37-15-5-9-19-45(37)51(49(39)41(30)27-31)43-17-7-3-13-35(43)36-14-4-8-18-44(36)51/h1-29H. The van der Waals surface area contributed by atoms with Crippen LogP contribution >= 0.6 is 0 Å². The molecule has 1 nitrogen and oxygen atoms in total. The van der Waals surface area contributed by atoms with E-state index in [0.29, 0.717) is 0 Å². The molecule has 11 aromatic rings. The number of para-hydroxylation sites is 1. The van der Waals surface area contributed by atoms with E-state index in [4.69, 9.17) is 0 Å². The molecule has 13 rings (SSSR count). The summed E-state index contributed by atoms with van der Waals surface area (Å²) in [6, 6.07) is 66.4. The molecule has 0 bridgehead atoms. The second-order valence-corrected chi connectivity index (χ2v) is 14.8. The quantitative estimate of drug-likeness (QED) is 0.166. The maximum atomic E-state index is 2.52. The molecule has 2 aliphatic rings. The lowest BCUT2D eigenvalue weighted by Crippen LogP contribution is -2.26. The summed E-state index contributed by atoms with van der Waals surface area (Å²) in [6.07, 6.45) is 0. The molecule has 2 aliphatic carbocycles. The zero-order valence-corrected chi connectivity index (χ0v) is 28.2. The van der Waals surface area contributed by atoms with E-state index in [9.17, 15) is 0 Å². The van der Waals surface area contributed by atoms with Crippen molar-refractivity contribution in [2.45, 2.75) is 5.41 Å². The fraction of sp³-hybridized carbons (Fsp3) is 0.0196. The summed E-state index contributed by atoms with van der Waals surface area (Å²) in [5, 5.41) is 10.5. The predicted octanol–water partition coefficient (Wildman–Crippen LogP) is 13.2. The van der Waals surface area contributed by atoms with Gasteiger partial charge in [-0.3, -0.25) is 0 Å². The molecule has 0 aliphatic heterocycles. The summed E-state index contributed by atoms with van der Waals surface area (Å²) in [5.41, 5.74) is 16.8. The average molecular weight is 656 g/mol. The van der Waals surface area contributed by atoms with E-state index in [1.54, 1.807) is 0 Å². The van der Waals surface area contributed by atoms with Crippen LogP contribution in [0.4, 0.5) is 0 Å². The van der Waals surface area contributed by atoms with Crippen molar-refractivity contribution in [1.29, 1.82) is 0 Å². The second kappa shape index (κ2) is 9.34. The van der Waals surface area contributed by atoms with E-state index < -0.39 is 0 Å². The van der Waals surface area contributed by atoms with Crippen LogP contribution in [0.3, 0.4) is 0 Å². The van der Waals surface area contributed by atoms with Gasteiger partial charge in [-0.1, -0.05) is 152 Å². The van der Waals surface area contributed by atoms with Crippen LogP contribution in [-0.4, -0.2) is 4.40 Å². The zero-order chi connectivity index (χ0) is 33.7. The summed E-state index contributed by atoms with van der Waals surface area (Å²) in [7, 11) is 0. The summed E-state index contributed by atoms with van der Waals surface area (Å²) in [5.74, 6) is 0. The first kappa shape index (κ1) is 27.1. The largest absolute Gasteiger partial charge is 0.308 e. The first-order valence-corrected chi connectivity index (χ1v) is 18.3. The lowest BCUT2D eigenvalue weighted by molar-refractivity contribution is 0.801. The molecule has 0 N–H and O–H groups in total. The van der Waals surface area contributed by atoms with Crippen molar-refractivity contribution in [2.24, 2.45) is 0 Å². The highest BCUT2D eigenvalue weighted by Crippen LogP contribution is 2.64. The highest BCUT2D eigenvalue weighted by molar-refractivity contribution is 6.31. The van der Waals surface area contributed by atoms with Crippen LogP contribution in [0, 0.1) is 0 Å². The zero-order valence-electron chi connectivity index (χ0n) is 28.2. The maximum absolute atomic E-state index is 2.52. The monoisotopic (exact) mass is 655 g/mol. The second-order valence-electron chi connectivity index (χ2n) is 14.8. The number of aromatic nitrogens is 1. The molecule has 9 aromatic carbocycles. The third kappa shape index (κ3) is 3.05. The summed E-state index contributed by atoms with van der Waals surface area (Å²) in [4.78, 5) is 0. The Labute approximate surface area is 300 Å². The van der Waals surface area contributed by atoms with Crippen molar-refractivity contribution in [3.63, 3.8) is 0 Å². The van der Waals surface area contributed by atoms with Crippen LogP contribution in [0.1, 0.15) is 22.3 Å². The summed E-state index contributed by atoms with van der Waals surface area (Å²) < 4.78 is 2.52. The molecule has 2 aromatic heterocycles. The van der Waals surface area contributed by atoms with Gasteiger partial charge in [0.2, 0.25) is 0 Å². The van der Waals surface area contributed by atoms with Crippen LogP contribution < -0.4 is 0 Å². The molecule has 0 fully saturated rings. The fourth-order valence-corrected chi connectivity index (χ4v) is 10.5. The Bertz CT molecular complexity index is 3290. The van der Waals surface area contributed by atoms with Gasteiger partial charge in [0.1, 0.15) is 0 Å². The van der Waals surface area contributed by atoms with Crippen LogP contribution in [0.15, 0.2) is 176 Å². The average Bonchev–Trinajstić information content (AvgIpc) is 3.91. The van der Waals surface area contributed by atoms with Gasteiger partial charge in [0.15, 0.2) is 0 Å². The Balaban J connectivity index is 1.12. The van der Waals surface area contributed by atoms with E-state index in [1.165, 1.54) is 115 Å². The molecular weight excluding hydrogens is 627 g/mol. The molecule has 52 heavy (non-hydrogen) atoms. The first-order valence-electron chi connectivity index (χ1n) is 18.3. The number of fused-ring (bicyclic) bond motifs is 20. The Morgan fingerprint density at radius 3 is 1.71 bits per heavy atom. The smallest absolute Gasteiger partial charge is 0.0731 e. The maximum Gasteiger partial charge on any atom is 0.0731 e. The van der Waals surface area contributed by atoms with E-state index in [2.05, 4.69) is 180 Å². The molecule has 0 atom stereocenters. The first-order chi connectivity index (χ1) is 25.8. The minimum absolute atomic E-state index is 0.381. The van der Waals surface area contributed by atoms with Gasteiger partial charge in [-0.2, -0.15) is 0 Å². The van der Waals surface area contributed by atoms with Crippen molar-refractivity contribution in [3.8, 4) is 33.4 Å². The van der Waals surface area contributed by atoms with Crippen molar-refractivity contribution in [2.75, 3.05) is 0 Å². The van der Waals surface area contributed by atoms with Crippen LogP contribution in [-0.2, 0) is 5.41 Å². The predicted molar refractivity (Wildman–Crippen MR) is 218 cm³/mol. The number of hydrogen-bond acceptors (Lipinski definition) is 0. The van der Waals surface area contributed by atoms with Crippen molar-refractivity contribution in [1.82, 2.24) is 4.40 Å². The molecule has 2 heterocycles. The molecule has 0 saturated heterocycles. The third-order valence-corrected chi connectivity index (χ3v) is 12.5. The van der Waals surface area contributed by atoms with Crippen LogP contribution in [0.25, 0.3) is 93.0 Å². The fourth-order valence-electron chi connectivity index (χ4n) is 10.5. The van der Waals surface area contributed by atoms with Gasteiger partial charge in [-0.25, -0.2) is 0 Å². The van der Waals surface area contributed by atoms with Gasteiger partial charge in [0.05, 0.1) is 22.0 Å². The highest BCUT2D eigenvalue weighted by Gasteiger charge is 2.52. The van der Waals surface area contributed by atoms with Gasteiger partial charge < -0.3 is 4.40 Å². The normalized spacial score (nSPS) is 13.9. The molecule has 0 amide bonds. The number of nitrogens with zero attached hydrogens (tertiary/aromatic N) is 1. The lowest BCUT2D eigenvalue weighted by Gasteiger charge is -2.31. The minimum Gasteiger partial charge on any atom is -0.308 e. The Kier molecular flexibility index (Phi) is 4.86. The van der Waals surface area contributed by atoms with Gasteiger partial charge in [-0.15, -0.1) is 0 Å². The van der Waals surface area contributed by atoms with Crippen LogP contribution in [0.2, 0.25) is 0 Å². The Morgan fingerprint density at radius 1 is 0.346 bits per heavy atom. The van der Waals surface area contributed by atoms with Gasteiger partial charge >= 0.3 is 0 Å². The van der Waals surface area contributed by atoms with E-state index in [-0.39, 0.29) is 5.41 Å². The SMILES string of the molecule is c1ccc2c(c1)-c1ccccc1C21c2ccccc2-c2ccc3ccc(-c4ccc5c6c7ccccc7cc7c8ccccc8n(c5c4)c76)cc3c21. The third-order valence-electron chi connectivity index (χ3n) is 12.5. The molecule has 1 heteroatoms. The molecule has 0 radical (unpaired) electrons. The highest BCUT2D eigenvalue weighted by atomic mass is 14.9. The van der Waals surface area contributed by atoms with E-state index >= 15 is 0 Å². The van der Waals surface area contributed by atoms with Gasteiger partial charge in [-0.05, 0) is 101 Å². The molecule has 1 spiro atoms. The number of hydrogen-bond donors (Lipinski definition) is 0. The van der Waals surface area contributed by atoms with Gasteiger partial charge in [0.25, 0.3) is 0 Å². The Hall–Kier alpha value is -6.70. The van der Waals surface area contributed by atoms with Gasteiger partial charge in [0, 0.05) is 21.5 Å². The lowest BCUT2D eigenvalue weighted by atomic mass is 9.69. The van der Waals surface area contributed by atoms with E-state index in [1.807, 2.05) is 0 Å². The van der Waals surface area contributed by atoms with Crippen molar-refractivity contribution >= 4 is 59.6 Å². The molecule has 0 saturated carbocycles. The van der Waals surface area contributed by atoms with E-state index in [0.717, 1.165) is 0 Å². The summed E-state index contributed by atoms with van der Waals surface area (Å²) in [6.45, 7) is 0. The van der Waals surface area contributed by atoms with Crippen molar-refractivity contribution < 1.29 is 0 Å². The number of rotatable bonds is 1. The van der Waals surface area contributed by atoms with Crippen molar-refractivity contribution in [3.05, 3.63) is 198 Å². The topological polar surface area (TPSA) is 4.41 Å². The Morgan fingerprint density at radius 2 is 0.942 bits per heavy atom. The summed E-state index contributed by atoms with van der Waals surface area (Å²) >= 11 is 0. The molecule has 0 unspecified atom stereocenters. The van der Waals surface area contributed by atoms with Crippen LogP contribution in [0.5, 0.6) is 0 Å². The number of benzene rings is 9. The minimum atomic E-state index is -0.381. The molecular formula is C51H29N.